The van der Waals surface area contributed by atoms with Crippen LogP contribution in [0.5, 0.6) is 0 Å². The second-order valence-corrected chi connectivity index (χ2v) is 7.57. The van der Waals surface area contributed by atoms with Crippen LogP contribution in [-0.4, -0.2) is 26.5 Å². The van der Waals surface area contributed by atoms with Crippen molar-refractivity contribution in [3.05, 3.63) is 34.3 Å². The Balaban J connectivity index is 1.79. The standard InChI is InChI=1S/C12H16BrNO2S/c13-12-4-2-1-3-11(12)8-14-7-10-5-6-17(15,16)9-10/h1-4,10,14H,5-9H2. The van der Waals surface area contributed by atoms with Crippen LogP contribution in [0.25, 0.3) is 0 Å². The highest BCUT2D eigenvalue weighted by Crippen LogP contribution is 2.18. The zero-order valence-electron chi connectivity index (χ0n) is 9.52. The molecule has 2 rings (SSSR count). The Labute approximate surface area is 111 Å². The molecule has 1 unspecified atom stereocenters. The summed E-state index contributed by atoms with van der Waals surface area (Å²) in [5, 5.41) is 3.33. The van der Waals surface area contributed by atoms with Crippen LogP contribution in [0.4, 0.5) is 0 Å². The van der Waals surface area contributed by atoms with Gasteiger partial charge < -0.3 is 5.32 Å². The first-order valence-electron chi connectivity index (χ1n) is 5.71. The van der Waals surface area contributed by atoms with Gasteiger partial charge in [0.1, 0.15) is 0 Å². The van der Waals surface area contributed by atoms with Gasteiger partial charge in [0.15, 0.2) is 9.84 Å². The fourth-order valence-corrected chi connectivity index (χ4v) is 4.37. The first-order valence-corrected chi connectivity index (χ1v) is 8.33. The molecule has 1 fully saturated rings. The number of sulfone groups is 1. The van der Waals surface area contributed by atoms with Crippen molar-refractivity contribution in [2.45, 2.75) is 13.0 Å². The highest BCUT2D eigenvalue weighted by molar-refractivity contribution is 9.10. The minimum Gasteiger partial charge on any atom is -0.312 e. The average molecular weight is 318 g/mol. The summed E-state index contributed by atoms with van der Waals surface area (Å²) in [6.07, 6.45) is 0.797. The Hall–Kier alpha value is -0.390. The molecule has 1 saturated heterocycles. The molecule has 1 aliphatic rings. The SMILES string of the molecule is O=S1(=O)CCC(CNCc2ccccc2Br)C1. The van der Waals surface area contributed by atoms with E-state index in [9.17, 15) is 8.42 Å². The van der Waals surface area contributed by atoms with E-state index < -0.39 is 9.84 Å². The minimum absolute atomic E-state index is 0.280. The van der Waals surface area contributed by atoms with Crippen molar-refractivity contribution in [3.8, 4) is 0 Å². The molecule has 0 amide bonds. The van der Waals surface area contributed by atoms with Gasteiger partial charge in [-0.2, -0.15) is 0 Å². The lowest BCUT2D eigenvalue weighted by Gasteiger charge is -2.10. The molecule has 1 heterocycles. The first kappa shape index (κ1) is 13.1. The van der Waals surface area contributed by atoms with E-state index >= 15 is 0 Å². The number of nitrogens with one attached hydrogen (secondary N) is 1. The lowest BCUT2D eigenvalue weighted by atomic mass is 10.1. The molecule has 0 radical (unpaired) electrons. The predicted molar refractivity (Wildman–Crippen MR) is 72.6 cm³/mol. The predicted octanol–water partition coefficient (Wildman–Crippen LogP) is 1.97. The Morgan fingerprint density at radius 2 is 2.12 bits per heavy atom. The highest BCUT2D eigenvalue weighted by atomic mass is 79.9. The van der Waals surface area contributed by atoms with Gasteiger partial charge in [-0.15, -0.1) is 0 Å². The van der Waals surface area contributed by atoms with Gasteiger partial charge >= 0.3 is 0 Å². The molecule has 1 atom stereocenters. The molecular formula is C12H16BrNO2S. The van der Waals surface area contributed by atoms with Crippen LogP contribution >= 0.6 is 15.9 Å². The van der Waals surface area contributed by atoms with Crippen molar-refractivity contribution in [1.82, 2.24) is 5.32 Å². The van der Waals surface area contributed by atoms with E-state index in [1.807, 2.05) is 18.2 Å². The van der Waals surface area contributed by atoms with Gasteiger partial charge in [0.2, 0.25) is 0 Å². The van der Waals surface area contributed by atoms with E-state index in [1.165, 1.54) is 5.56 Å². The molecule has 0 aliphatic carbocycles. The first-order chi connectivity index (χ1) is 8.07. The van der Waals surface area contributed by atoms with Gasteiger partial charge in [0, 0.05) is 11.0 Å². The van der Waals surface area contributed by atoms with Gasteiger partial charge in [-0.1, -0.05) is 34.1 Å². The number of benzene rings is 1. The quantitative estimate of drug-likeness (QED) is 0.923. The Morgan fingerprint density at radius 3 is 2.76 bits per heavy atom. The summed E-state index contributed by atoms with van der Waals surface area (Å²) in [7, 11) is -2.75. The molecule has 3 nitrogen and oxygen atoms in total. The van der Waals surface area contributed by atoms with E-state index in [2.05, 4.69) is 27.3 Å². The van der Waals surface area contributed by atoms with E-state index in [-0.39, 0.29) is 5.92 Å². The second kappa shape index (κ2) is 5.50. The van der Waals surface area contributed by atoms with E-state index in [4.69, 9.17) is 0 Å². The van der Waals surface area contributed by atoms with E-state index in [0.717, 1.165) is 24.0 Å². The van der Waals surface area contributed by atoms with Crippen LogP contribution in [0, 0.1) is 5.92 Å². The molecule has 0 aromatic heterocycles. The smallest absolute Gasteiger partial charge is 0.150 e. The molecule has 5 heteroatoms. The lowest BCUT2D eigenvalue weighted by molar-refractivity contribution is 0.520. The highest BCUT2D eigenvalue weighted by Gasteiger charge is 2.27. The zero-order chi connectivity index (χ0) is 12.3. The Bertz CT molecular complexity index is 487. The Kier molecular flexibility index (Phi) is 4.22. The van der Waals surface area contributed by atoms with Crippen molar-refractivity contribution >= 4 is 25.8 Å². The van der Waals surface area contributed by atoms with Gasteiger partial charge in [0.05, 0.1) is 11.5 Å². The molecular weight excluding hydrogens is 302 g/mol. The molecule has 1 aromatic rings. The minimum atomic E-state index is -2.75. The third kappa shape index (κ3) is 3.79. The van der Waals surface area contributed by atoms with Crippen molar-refractivity contribution in [2.75, 3.05) is 18.1 Å². The maximum atomic E-state index is 11.3. The Morgan fingerprint density at radius 1 is 1.35 bits per heavy atom. The zero-order valence-corrected chi connectivity index (χ0v) is 11.9. The normalized spacial score (nSPS) is 22.8. The summed E-state index contributed by atoms with van der Waals surface area (Å²) < 4.78 is 23.7. The second-order valence-electron chi connectivity index (χ2n) is 4.49. The fourth-order valence-electron chi connectivity index (χ4n) is 2.09. The topological polar surface area (TPSA) is 46.2 Å². The van der Waals surface area contributed by atoms with Crippen molar-refractivity contribution in [1.29, 1.82) is 0 Å². The van der Waals surface area contributed by atoms with Crippen LogP contribution in [0.3, 0.4) is 0 Å². The van der Waals surface area contributed by atoms with Gasteiger partial charge in [0.25, 0.3) is 0 Å². The number of hydrogen-bond acceptors (Lipinski definition) is 3. The maximum absolute atomic E-state index is 11.3. The van der Waals surface area contributed by atoms with Crippen molar-refractivity contribution < 1.29 is 8.42 Å². The number of hydrogen-bond donors (Lipinski definition) is 1. The lowest BCUT2D eigenvalue weighted by Crippen LogP contribution is -2.23. The molecule has 1 aliphatic heterocycles. The molecule has 0 saturated carbocycles. The average Bonchev–Trinajstić information content (AvgIpc) is 2.61. The molecule has 1 N–H and O–H groups in total. The summed E-state index contributed by atoms with van der Waals surface area (Å²) in [6, 6.07) is 8.05. The van der Waals surface area contributed by atoms with Crippen LogP contribution < -0.4 is 5.32 Å². The van der Waals surface area contributed by atoms with Gasteiger partial charge in [-0.05, 0) is 30.5 Å². The summed E-state index contributed by atoms with van der Waals surface area (Å²) in [4.78, 5) is 0. The van der Waals surface area contributed by atoms with Gasteiger partial charge in [-0.3, -0.25) is 0 Å². The van der Waals surface area contributed by atoms with Gasteiger partial charge in [-0.25, -0.2) is 8.42 Å². The third-order valence-corrected chi connectivity index (χ3v) is 5.64. The molecule has 1 aromatic carbocycles. The van der Waals surface area contributed by atoms with E-state index in [1.54, 1.807) is 0 Å². The largest absolute Gasteiger partial charge is 0.312 e. The van der Waals surface area contributed by atoms with Crippen LogP contribution in [0.1, 0.15) is 12.0 Å². The number of rotatable bonds is 4. The van der Waals surface area contributed by atoms with Crippen molar-refractivity contribution in [3.63, 3.8) is 0 Å². The fraction of sp³-hybridized carbons (Fsp3) is 0.500. The summed E-state index contributed by atoms with van der Waals surface area (Å²) in [5.41, 5.74) is 1.20. The van der Waals surface area contributed by atoms with Crippen LogP contribution in [0.15, 0.2) is 28.7 Å². The monoisotopic (exact) mass is 317 g/mol. The molecule has 94 valence electrons. The molecule has 0 spiro atoms. The summed E-state index contributed by atoms with van der Waals surface area (Å²) in [5.74, 6) is 0.979. The van der Waals surface area contributed by atoms with Crippen LogP contribution in [-0.2, 0) is 16.4 Å². The molecule has 0 bridgehead atoms. The maximum Gasteiger partial charge on any atom is 0.150 e. The number of halogens is 1. The summed E-state index contributed by atoms with van der Waals surface area (Å²) in [6.45, 7) is 1.55. The molecule has 17 heavy (non-hydrogen) atoms. The van der Waals surface area contributed by atoms with Crippen LogP contribution in [0.2, 0.25) is 0 Å². The summed E-state index contributed by atoms with van der Waals surface area (Å²) >= 11 is 3.49. The van der Waals surface area contributed by atoms with Crippen molar-refractivity contribution in [2.24, 2.45) is 5.92 Å². The van der Waals surface area contributed by atoms with E-state index in [0.29, 0.717) is 11.5 Å². The third-order valence-electron chi connectivity index (χ3n) is 3.03.